The number of carbonyl (C=O) groups excluding carboxylic acids is 1. The van der Waals surface area contributed by atoms with Gasteiger partial charge in [0.2, 0.25) is 0 Å². The molecule has 1 amide bonds. The van der Waals surface area contributed by atoms with Crippen molar-refractivity contribution < 1.29 is 9.21 Å². The van der Waals surface area contributed by atoms with Gasteiger partial charge in [-0.05, 0) is 42.5 Å². The Morgan fingerprint density at radius 2 is 2.15 bits per heavy atom. The summed E-state index contributed by atoms with van der Waals surface area (Å²) in [6.45, 7) is 0.755. The average molecular weight is 285 g/mol. The molecule has 0 unspecified atom stereocenters. The second-order valence-corrected chi connectivity index (χ2v) is 5.65. The van der Waals surface area contributed by atoms with E-state index >= 15 is 0 Å². The number of hydrogen-bond donors (Lipinski definition) is 0. The normalized spacial score (nSPS) is 15.1. The molecule has 3 nitrogen and oxygen atoms in total. The van der Waals surface area contributed by atoms with Crippen LogP contribution in [0.3, 0.4) is 0 Å². The zero-order chi connectivity index (χ0) is 13.8. The van der Waals surface area contributed by atoms with Gasteiger partial charge in [-0.15, -0.1) is 11.8 Å². The number of amides is 1. The summed E-state index contributed by atoms with van der Waals surface area (Å²) in [5.74, 6) is 1.73. The number of fused-ring (bicyclic) bond motifs is 1. The van der Waals surface area contributed by atoms with Gasteiger partial charge in [-0.1, -0.05) is 12.1 Å². The molecule has 1 aromatic carbocycles. The molecule has 2 aromatic rings. The maximum absolute atomic E-state index is 12.4. The standard InChI is InChI=1S/C16H15NO2S/c18-16(9-8-13-5-3-11-19-13)17-10-4-12-20-15-7-2-1-6-14(15)17/h1-3,5-9,11H,4,10,12H2/b9-8+. The Bertz CT molecular complexity index is 619. The van der Waals surface area contributed by atoms with E-state index in [0.29, 0.717) is 5.76 Å². The summed E-state index contributed by atoms with van der Waals surface area (Å²) >= 11 is 1.81. The first kappa shape index (κ1) is 13.1. The molecule has 0 bridgehead atoms. The zero-order valence-electron chi connectivity index (χ0n) is 11.0. The van der Waals surface area contributed by atoms with Crippen LogP contribution in [0, 0.1) is 0 Å². The predicted octanol–water partition coefficient (Wildman–Crippen LogP) is 3.82. The first-order chi connectivity index (χ1) is 9.84. The van der Waals surface area contributed by atoms with Crippen molar-refractivity contribution in [3.63, 3.8) is 0 Å². The highest BCUT2D eigenvalue weighted by molar-refractivity contribution is 7.99. The molecule has 1 aliphatic heterocycles. The molecule has 0 saturated carbocycles. The number of thioether (sulfide) groups is 1. The Morgan fingerprint density at radius 3 is 3.00 bits per heavy atom. The fraction of sp³-hybridized carbons (Fsp3) is 0.188. The lowest BCUT2D eigenvalue weighted by Gasteiger charge is -2.20. The highest BCUT2D eigenvalue weighted by Gasteiger charge is 2.19. The van der Waals surface area contributed by atoms with Crippen LogP contribution < -0.4 is 4.90 Å². The topological polar surface area (TPSA) is 33.5 Å². The van der Waals surface area contributed by atoms with E-state index in [4.69, 9.17) is 4.42 Å². The van der Waals surface area contributed by atoms with Gasteiger partial charge in [0.1, 0.15) is 5.76 Å². The zero-order valence-corrected chi connectivity index (χ0v) is 11.8. The quantitative estimate of drug-likeness (QED) is 0.786. The van der Waals surface area contributed by atoms with Gasteiger partial charge in [0.15, 0.2) is 0 Å². The highest BCUT2D eigenvalue weighted by atomic mass is 32.2. The minimum absolute atomic E-state index is 0.00338. The molecule has 20 heavy (non-hydrogen) atoms. The average Bonchev–Trinajstić information content (AvgIpc) is 2.90. The van der Waals surface area contributed by atoms with Crippen LogP contribution >= 0.6 is 11.8 Å². The molecule has 102 valence electrons. The minimum Gasteiger partial charge on any atom is -0.465 e. The summed E-state index contributed by atoms with van der Waals surface area (Å²) in [7, 11) is 0. The van der Waals surface area contributed by atoms with E-state index < -0.39 is 0 Å². The molecule has 0 saturated heterocycles. The van der Waals surface area contributed by atoms with Crippen molar-refractivity contribution in [3.8, 4) is 0 Å². The van der Waals surface area contributed by atoms with E-state index in [9.17, 15) is 4.79 Å². The van der Waals surface area contributed by atoms with Crippen molar-refractivity contribution in [2.45, 2.75) is 11.3 Å². The molecule has 0 spiro atoms. The lowest BCUT2D eigenvalue weighted by molar-refractivity contribution is -0.114. The molecule has 1 aromatic heterocycles. The minimum atomic E-state index is -0.00338. The van der Waals surface area contributed by atoms with Gasteiger partial charge in [-0.3, -0.25) is 4.79 Å². The van der Waals surface area contributed by atoms with E-state index in [2.05, 4.69) is 6.07 Å². The van der Waals surface area contributed by atoms with Crippen molar-refractivity contribution in [3.05, 3.63) is 54.5 Å². The second-order valence-electron chi connectivity index (χ2n) is 4.51. The van der Waals surface area contributed by atoms with Crippen LogP contribution in [0.2, 0.25) is 0 Å². The number of carbonyl (C=O) groups is 1. The summed E-state index contributed by atoms with van der Waals surface area (Å²) < 4.78 is 5.20. The van der Waals surface area contributed by atoms with Gasteiger partial charge in [0, 0.05) is 17.5 Å². The number of hydrogen-bond acceptors (Lipinski definition) is 3. The molecular weight excluding hydrogens is 270 g/mol. The van der Waals surface area contributed by atoms with E-state index in [0.717, 1.165) is 24.4 Å². The Kier molecular flexibility index (Phi) is 3.92. The largest absolute Gasteiger partial charge is 0.465 e. The van der Waals surface area contributed by atoms with Gasteiger partial charge in [0.25, 0.3) is 5.91 Å². The lowest BCUT2D eigenvalue weighted by atomic mass is 10.2. The number of furan rings is 1. The Morgan fingerprint density at radius 1 is 1.25 bits per heavy atom. The van der Waals surface area contributed by atoms with E-state index in [1.54, 1.807) is 18.4 Å². The highest BCUT2D eigenvalue weighted by Crippen LogP contribution is 2.33. The molecule has 2 heterocycles. The summed E-state index contributed by atoms with van der Waals surface area (Å²) in [6.07, 6.45) is 5.89. The molecule has 0 aliphatic carbocycles. The maximum Gasteiger partial charge on any atom is 0.251 e. The fourth-order valence-electron chi connectivity index (χ4n) is 2.19. The van der Waals surface area contributed by atoms with Crippen molar-refractivity contribution in [2.75, 3.05) is 17.2 Å². The van der Waals surface area contributed by atoms with Crippen LogP contribution in [0.25, 0.3) is 6.08 Å². The maximum atomic E-state index is 12.4. The summed E-state index contributed by atoms with van der Waals surface area (Å²) in [5.41, 5.74) is 1.00. The molecule has 4 heteroatoms. The van der Waals surface area contributed by atoms with Crippen LogP contribution in [-0.4, -0.2) is 18.2 Å². The predicted molar refractivity (Wildman–Crippen MR) is 81.9 cm³/mol. The molecule has 3 rings (SSSR count). The smallest absolute Gasteiger partial charge is 0.251 e. The second kappa shape index (κ2) is 6.01. The van der Waals surface area contributed by atoms with Gasteiger partial charge in [0.05, 0.1) is 12.0 Å². The molecule has 1 aliphatic rings. The fourth-order valence-corrected chi connectivity index (χ4v) is 3.18. The third-order valence-electron chi connectivity index (χ3n) is 3.14. The van der Waals surface area contributed by atoms with Crippen LogP contribution in [0.4, 0.5) is 5.69 Å². The SMILES string of the molecule is O=C(/C=C/c1ccco1)N1CCCSc2ccccc21. The van der Waals surface area contributed by atoms with E-state index in [-0.39, 0.29) is 5.91 Å². The van der Waals surface area contributed by atoms with Gasteiger partial charge in [-0.25, -0.2) is 0 Å². The number of nitrogens with zero attached hydrogens (tertiary/aromatic N) is 1. The number of anilines is 1. The van der Waals surface area contributed by atoms with E-state index in [1.807, 2.05) is 47.0 Å². The van der Waals surface area contributed by atoms with Crippen molar-refractivity contribution >= 4 is 29.4 Å². The number of benzene rings is 1. The summed E-state index contributed by atoms with van der Waals surface area (Å²) in [6, 6.07) is 11.7. The van der Waals surface area contributed by atoms with Crippen molar-refractivity contribution in [2.24, 2.45) is 0 Å². The number of rotatable bonds is 2. The summed E-state index contributed by atoms with van der Waals surface area (Å²) in [4.78, 5) is 15.4. The van der Waals surface area contributed by atoms with Crippen molar-refractivity contribution in [1.29, 1.82) is 0 Å². The number of para-hydroxylation sites is 1. The van der Waals surface area contributed by atoms with Gasteiger partial charge < -0.3 is 9.32 Å². The Labute approximate surface area is 122 Å². The third kappa shape index (κ3) is 2.80. The van der Waals surface area contributed by atoms with Gasteiger partial charge in [-0.2, -0.15) is 0 Å². The lowest BCUT2D eigenvalue weighted by Crippen LogP contribution is -2.30. The molecular formula is C16H15NO2S. The van der Waals surface area contributed by atoms with E-state index in [1.165, 1.54) is 4.90 Å². The monoisotopic (exact) mass is 285 g/mol. The first-order valence-electron chi connectivity index (χ1n) is 6.59. The molecule has 0 N–H and O–H groups in total. The Hall–Kier alpha value is -1.94. The van der Waals surface area contributed by atoms with Crippen LogP contribution in [0.1, 0.15) is 12.2 Å². The van der Waals surface area contributed by atoms with Crippen LogP contribution in [0.15, 0.2) is 58.1 Å². The molecule has 0 fully saturated rings. The first-order valence-corrected chi connectivity index (χ1v) is 7.58. The molecule has 0 radical (unpaired) electrons. The third-order valence-corrected chi connectivity index (χ3v) is 4.29. The molecule has 0 atom stereocenters. The van der Waals surface area contributed by atoms with Gasteiger partial charge >= 0.3 is 0 Å². The van der Waals surface area contributed by atoms with Crippen LogP contribution in [0.5, 0.6) is 0 Å². The summed E-state index contributed by atoms with van der Waals surface area (Å²) in [5, 5.41) is 0. The van der Waals surface area contributed by atoms with Crippen LogP contribution in [-0.2, 0) is 4.79 Å². The Balaban J connectivity index is 1.84. The van der Waals surface area contributed by atoms with Crippen molar-refractivity contribution in [1.82, 2.24) is 0 Å².